The van der Waals surface area contributed by atoms with Gasteiger partial charge in [-0.3, -0.25) is 4.79 Å². The van der Waals surface area contributed by atoms with Crippen LogP contribution < -0.4 is 10.1 Å². The monoisotopic (exact) mass is 339 g/mol. The number of carbonyl (C=O) groups is 1. The first-order valence-corrected chi connectivity index (χ1v) is 8.80. The van der Waals surface area contributed by atoms with Gasteiger partial charge in [0.25, 0.3) is 5.91 Å². The fourth-order valence-corrected chi connectivity index (χ4v) is 3.12. The lowest BCUT2D eigenvalue weighted by Gasteiger charge is -2.21. The maximum absolute atomic E-state index is 12.5. The van der Waals surface area contributed by atoms with Gasteiger partial charge in [-0.05, 0) is 94.0 Å². The number of amides is 1. The molecule has 1 N–H and O–H groups in total. The van der Waals surface area contributed by atoms with Gasteiger partial charge in [0.2, 0.25) is 0 Å². The normalized spacial score (nSPS) is 13.2. The minimum atomic E-state index is -0.546. The van der Waals surface area contributed by atoms with Gasteiger partial charge in [-0.1, -0.05) is 18.2 Å². The minimum Gasteiger partial charge on any atom is -0.481 e. The molecular formula is C22H29NO2. The fraction of sp³-hybridized carbons (Fsp3) is 0.409. The van der Waals surface area contributed by atoms with Crippen LogP contribution in [0, 0.1) is 34.6 Å². The number of benzene rings is 2. The molecule has 1 amide bonds. The second-order valence-corrected chi connectivity index (χ2v) is 7.11. The molecule has 2 aromatic rings. The highest BCUT2D eigenvalue weighted by Gasteiger charge is 2.19. The van der Waals surface area contributed by atoms with E-state index in [2.05, 4.69) is 44.3 Å². The molecule has 0 aliphatic rings. The van der Waals surface area contributed by atoms with E-state index in [0.29, 0.717) is 0 Å². The lowest BCUT2D eigenvalue weighted by Crippen LogP contribution is -2.38. The molecule has 0 saturated heterocycles. The molecule has 2 rings (SSSR count). The summed E-state index contributed by atoms with van der Waals surface area (Å²) in [6.07, 6.45) is -0.546. The van der Waals surface area contributed by atoms with Gasteiger partial charge >= 0.3 is 0 Å². The van der Waals surface area contributed by atoms with Gasteiger partial charge in [-0.2, -0.15) is 0 Å². The third kappa shape index (κ3) is 4.85. The second kappa shape index (κ2) is 7.73. The molecule has 0 aliphatic heterocycles. The molecule has 3 nitrogen and oxygen atoms in total. The van der Waals surface area contributed by atoms with E-state index in [1.54, 1.807) is 6.92 Å². The molecule has 0 bridgehead atoms. The van der Waals surface area contributed by atoms with E-state index < -0.39 is 6.10 Å². The summed E-state index contributed by atoms with van der Waals surface area (Å²) in [5.74, 6) is 0.624. The molecule has 0 radical (unpaired) electrons. The predicted molar refractivity (Wildman–Crippen MR) is 103 cm³/mol. The van der Waals surface area contributed by atoms with Crippen molar-refractivity contribution in [3.63, 3.8) is 0 Å². The zero-order valence-corrected chi connectivity index (χ0v) is 16.4. The van der Waals surface area contributed by atoms with Crippen molar-refractivity contribution in [2.24, 2.45) is 0 Å². The molecule has 0 aliphatic carbocycles. The van der Waals surface area contributed by atoms with E-state index in [0.717, 1.165) is 22.4 Å². The van der Waals surface area contributed by atoms with Crippen LogP contribution in [0.3, 0.4) is 0 Å². The molecule has 0 saturated carbocycles. The van der Waals surface area contributed by atoms with Crippen LogP contribution in [0.25, 0.3) is 0 Å². The van der Waals surface area contributed by atoms with Crippen LogP contribution in [0.4, 0.5) is 0 Å². The van der Waals surface area contributed by atoms with E-state index in [4.69, 9.17) is 4.74 Å². The van der Waals surface area contributed by atoms with E-state index in [9.17, 15) is 4.79 Å². The molecule has 0 heterocycles. The van der Waals surface area contributed by atoms with Crippen molar-refractivity contribution in [2.45, 2.75) is 60.6 Å². The Morgan fingerprint density at radius 1 is 0.840 bits per heavy atom. The van der Waals surface area contributed by atoms with Crippen molar-refractivity contribution in [3.8, 4) is 5.75 Å². The van der Waals surface area contributed by atoms with Crippen molar-refractivity contribution in [3.05, 3.63) is 63.7 Å². The van der Waals surface area contributed by atoms with Crippen molar-refractivity contribution in [2.75, 3.05) is 0 Å². The number of rotatable bonds is 5. The Hall–Kier alpha value is -2.29. The van der Waals surface area contributed by atoms with Crippen LogP contribution in [0.15, 0.2) is 30.3 Å². The molecule has 2 atom stereocenters. The van der Waals surface area contributed by atoms with Gasteiger partial charge in [-0.25, -0.2) is 0 Å². The van der Waals surface area contributed by atoms with Gasteiger partial charge < -0.3 is 10.1 Å². The average molecular weight is 339 g/mol. The number of aryl methyl sites for hydroxylation is 5. The molecule has 3 heteroatoms. The largest absolute Gasteiger partial charge is 0.481 e. The number of nitrogens with one attached hydrogen (secondary N) is 1. The highest BCUT2D eigenvalue weighted by atomic mass is 16.5. The van der Waals surface area contributed by atoms with Gasteiger partial charge in [0.05, 0.1) is 6.04 Å². The van der Waals surface area contributed by atoms with Crippen molar-refractivity contribution < 1.29 is 9.53 Å². The fourth-order valence-electron chi connectivity index (χ4n) is 3.12. The molecule has 25 heavy (non-hydrogen) atoms. The SMILES string of the molecule is Cc1cc(C)cc(O[C@H](C)C(=O)N[C@H](C)c2cc(C)c(C)cc2C)c1. The number of hydrogen-bond acceptors (Lipinski definition) is 2. The number of hydrogen-bond donors (Lipinski definition) is 1. The Bertz CT molecular complexity index is 760. The quantitative estimate of drug-likeness (QED) is 0.843. The van der Waals surface area contributed by atoms with Crippen LogP contribution in [0.5, 0.6) is 5.75 Å². The maximum atomic E-state index is 12.5. The first-order valence-electron chi connectivity index (χ1n) is 8.80. The Balaban J connectivity index is 2.06. The van der Waals surface area contributed by atoms with Crippen molar-refractivity contribution >= 4 is 5.91 Å². The molecule has 0 aromatic heterocycles. The van der Waals surface area contributed by atoms with Crippen LogP contribution in [-0.2, 0) is 4.79 Å². The minimum absolute atomic E-state index is 0.0582. The van der Waals surface area contributed by atoms with Gasteiger partial charge in [0.15, 0.2) is 6.10 Å². The standard InChI is InChI=1S/C22H29NO2/c1-13-8-14(2)10-20(9-13)25-19(7)22(24)23-18(6)21-12-16(4)15(3)11-17(21)5/h8-12,18-19H,1-7H3,(H,23,24)/t18-,19-/m1/s1. The zero-order valence-electron chi connectivity index (χ0n) is 16.4. The van der Waals surface area contributed by atoms with E-state index in [1.165, 1.54) is 16.7 Å². The summed E-state index contributed by atoms with van der Waals surface area (Å²) >= 11 is 0. The van der Waals surface area contributed by atoms with Crippen LogP contribution >= 0.6 is 0 Å². The topological polar surface area (TPSA) is 38.3 Å². The number of ether oxygens (including phenoxy) is 1. The van der Waals surface area contributed by atoms with Gasteiger partial charge in [-0.15, -0.1) is 0 Å². The van der Waals surface area contributed by atoms with Crippen LogP contribution in [-0.4, -0.2) is 12.0 Å². The van der Waals surface area contributed by atoms with E-state index in [1.807, 2.05) is 32.9 Å². The molecule has 0 spiro atoms. The van der Waals surface area contributed by atoms with Crippen molar-refractivity contribution in [1.82, 2.24) is 5.32 Å². The molecule has 0 unspecified atom stereocenters. The van der Waals surface area contributed by atoms with Gasteiger partial charge in [0, 0.05) is 0 Å². The third-order valence-corrected chi connectivity index (χ3v) is 4.58. The highest BCUT2D eigenvalue weighted by molar-refractivity contribution is 5.81. The predicted octanol–water partition coefficient (Wildman–Crippen LogP) is 4.87. The second-order valence-electron chi connectivity index (χ2n) is 7.11. The number of carbonyl (C=O) groups excluding carboxylic acids is 1. The summed E-state index contributed by atoms with van der Waals surface area (Å²) in [4.78, 5) is 12.5. The Kier molecular flexibility index (Phi) is 5.89. The zero-order chi connectivity index (χ0) is 18.7. The summed E-state index contributed by atoms with van der Waals surface area (Å²) in [6, 6.07) is 10.3. The summed E-state index contributed by atoms with van der Waals surface area (Å²) in [6.45, 7) is 14.1. The molecular weight excluding hydrogens is 310 g/mol. The summed E-state index contributed by atoms with van der Waals surface area (Å²) < 4.78 is 5.84. The highest BCUT2D eigenvalue weighted by Crippen LogP contribution is 2.22. The molecule has 134 valence electrons. The van der Waals surface area contributed by atoms with Crippen molar-refractivity contribution in [1.29, 1.82) is 0 Å². The summed E-state index contributed by atoms with van der Waals surface area (Å²) in [7, 11) is 0. The Morgan fingerprint density at radius 2 is 1.40 bits per heavy atom. The van der Waals surface area contributed by atoms with Gasteiger partial charge in [0.1, 0.15) is 5.75 Å². The maximum Gasteiger partial charge on any atom is 0.261 e. The van der Waals surface area contributed by atoms with E-state index in [-0.39, 0.29) is 11.9 Å². The Morgan fingerprint density at radius 3 is 2.00 bits per heavy atom. The van der Waals surface area contributed by atoms with Crippen LogP contribution in [0.2, 0.25) is 0 Å². The smallest absolute Gasteiger partial charge is 0.261 e. The lowest BCUT2D eigenvalue weighted by molar-refractivity contribution is -0.127. The molecule has 0 fully saturated rings. The Labute approximate surface area is 151 Å². The third-order valence-electron chi connectivity index (χ3n) is 4.58. The lowest BCUT2D eigenvalue weighted by atomic mass is 9.96. The first kappa shape index (κ1) is 19.0. The molecule has 2 aromatic carbocycles. The first-order chi connectivity index (χ1) is 11.7. The van der Waals surface area contributed by atoms with Crippen LogP contribution in [0.1, 0.15) is 53.3 Å². The summed E-state index contributed by atoms with van der Waals surface area (Å²) in [5, 5.41) is 3.07. The van der Waals surface area contributed by atoms with E-state index >= 15 is 0 Å². The average Bonchev–Trinajstić information content (AvgIpc) is 2.49. The summed E-state index contributed by atoms with van der Waals surface area (Å²) in [5.41, 5.74) is 7.10.